The Morgan fingerprint density at radius 1 is 1.03 bits per heavy atom. The minimum absolute atomic E-state index is 0.0767. The van der Waals surface area contributed by atoms with Crippen LogP contribution in [0.2, 0.25) is 5.02 Å². The van der Waals surface area contributed by atoms with E-state index in [2.05, 4.69) is 20.0 Å². The number of benzene rings is 3. The van der Waals surface area contributed by atoms with Crippen LogP contribution in [0.25, 0.3) is 11.4 Å². The predicted octanol–water partition coefficient (Wildman–Crippen LogP) is 4.62. The predicted molar refractivity (Wildman–Crippen MR) is 128 cm³/mol. The van der Waals surface area contributed by atoms with Crippen LogP contribution in [0.1, 0.15) is 11.1 Å². The van der Waals surface area contributed by atoms with Gasteiger partial charge in [-0.1, -0.05) is 66.2 Å². The number of hydrogen-bond donors (Lipinski definition) is 2. The highest BCUT2D eigenvalue weighted by molar-refractivity contribution is 7.89. The third-order valence-electron chi connectivity index (χ3n) is 4.57. The van der Waals surface area contributed by atoms with Gasteiger partial charge in [0, 0.05) is 17.1 Å². The average molecular weight is 484 g/mol. The molecule has 3 aromatic carbocycles. The van der Waals surface area contributed by atoms with Gasteiger partial charge < -0.3 is 0 Å². The van der Waals surface area contributed by atoms with Crippen molar-refractivity contribution in [2.24, 2.45) is 5.10 Å². The van der Waals surface area contributed by atoms with Crippen molar-refractivity contribution < 1.29 is 8.42 Å². The molecular formula is C22H18ClN5O2S2. The Bertz CT molecular complexity index is 1410. The van der Waals surface area contributed by atoms with Crippen LogP contribution in [0.4, 0.5) is 0 Å². The van der Waals surface area contributed by atoms with Crippen LogP contribution in [0.15, 0.2) is 88.9 Å². The number of sulfonamides is 1. The number of nitrogens with one attached hydrogen (secondary N) is 2. The van der Waals surface area contributed by atoms with E-state index >= 15 is 0 Å². The van der Waals surface area contributed by atoms with Gasteiger partial charge >= 0.3 is 0 Å². The molecule has 0 saturated heterocycles. The summed E-state index contributed by atoms with van der Waals surface area (Å²) in [7, 11) is -3.83. The lowest BCUT2D eigenvalue weighted by Crippen LogP contribution is -2.24. The number of H-pyrrole nitrogens is 1. The topological polar surface area (TPSA) is 92.1 Å². The Balaban J connectivity index is 1.68. The molecule has 32 heavy (non-hydrogen) atoms. The molecule has 0 amide bonds. The van der Waals surface area contributed by atoms with Gasteiger partial charge in [0.15, 0.2) is 5.82 Å². The van der Waals surface area contributed by atoms with Gasteiger partial charge in [-0.05, 0) is 47.6 Å². The van der Waals surface area contributed by atoms with Crippen molar-refractivity contribution in [3.05, 3.63) is 99.8 Å². The van der Waals surface area contributed by atoms with Gasteiger partial charge in [-0.25, -0.2) is 18.2 Å². The maximum atomic E-state index is 13.1. The SMILES string of the molecule is O=S(=O)(NCc1ccccc1)c1ccccc1-c1n[nH]c(=S)n1/N=C/c1ccc(Cl)cc1. The van der Waals surface area contributed by atoms with Gasteiger partial charge in [-0.2, -0.15) is 14.9 Å². The molecule has 162 valence electrons. The van der Waals surface area contributed by atoms with E-state index in [9.17, 15) is 8.42 Å². The Kier molecular flexibility index (Phi) is 6.61. The van der Waals surface area contributed by atoms with Gasteiger partial charge in [0.25, 0.3) is 0 Å². The smallest absolute Gasteiger partial charge is 0.241 e. The monoisotopic (exact) mass is 483 g/mol. The fourth-order valence-electron chi connectivity index (χ4n) is 2.98. The van der Waals surface area contributed by atoms with Gasteiger partial charge in [0.2, 0.25) is 14.8 Å². The molecule has 10 heteroatoms. The summed E-state index contributed by atoms with van der Waals surface area (Å²) in [5, 5.41) is 11.9. The third-order valence-corrected chi connectivity index (χ3v) is 6.54. The lowest BCUT2D eigenvalue weighted by atomic mass is 10.2. The van der Waals surface area contributed by atoms with E-state index in [4.69, 9.17) is 23.8 Å². The summed E-state index contributed by atoms with van der Waals surface area (Å²) in [4.78, 5) is 0.0767. The molecule has 0 bridgehead atoms. The van der Waals surface area contributed by atoms with E-state index < -0.39 is 10.0 Å². The largest absolute Gasteiger partial charge is 0.250 e. The molecule has 0 atom stereocenters. The molecule has 0 aliphatic rings. The number of rotatable bonds is 7. The molecule has 0 aliphatic heterocycles. The van der Waals surface area contributed by atoms with Gasteiger partial charge in [-0.3, -0.25) is 0 Å². The van der Waals surface area contributed by atoms with Crippen molar-refractivity contribution in [3.63, 3.8) is 0 Å². The van der Waals surface area contributed by atoms with Crippen LogP contribution in [0.3, 0.4) is 0 Å². The first-order valence-corrected chi connectivity index (χ1v) is 11.8. The highest BCUT2D eigenvalue weighted by atomic mass is 35.5. The molecule has 1 heterocycles. The molecule has 0 radical (unpaired) electrons. The second-order valence-corrected chi connectivity index (χ2v) is 9.33. The van der Waals surface area contributed by atoms with E-state index in [0.29, 0.717) is 10.6 Å². The molecule has 0 aliphatic carbocycles. The number of aromatic nitrogens is 3. The summed E-state index contributed by atoms with van der Waals surface area (Å²) in [6, 6.07) is 23.0. The van der Waals surface area contributed by atoms with E-state index in [1.165, 1.54) is 10.7 Å². The summed E-state index contributed by atoms with van der Waals surface area (Å²) in [5.74, 6) is 0.279. The molecule has 0 fully saturated rings. The second kappa shape index (κ2) is 9.58. The molecule has 0 spiro atoms. The normalized spacial score (nSPS) is 11.8. The van der Waals surface area contributed by atoms with Crippen molar-refractivity contribution >= 4 is 40.1 Å². The number of hydrogen-bond acceptors (Lipinski definition) is 5. The Hall–Kier alpha value is -3.11. The van der Waals surface area contributed by atoms with Crippen LogP contribution < -0.4 is 4.72 Å². The molecule has 7 nitrogen and oxygen atoms in total. The van der Waals surface area contributed by atoms with Crippen molar-refractivity contribution in [2.45, 2.75) is 11.4 Å². The summed E-state index contributed by atoms with van der Waals surface area (Å²) < 4.78 is 30.4. The number of aromatic amines is 1. The summed E-state index contributed by atoms with van der Waals surface area (Å²) in [6.07, 6.45) is 1.59. The third kappa shape index (κ3) is 5.03. The maximum Gasteiger partial charge on any atom is 0.241 e. The lowest BCUT2D eigenvalue weighted by Gasteiger charge is -2.11. The Morgan fingerprint density at radius 2 is 1.72 bits per heavy atom. The highest BCUT2D eigenvalue weighted by Crippen LogP contribution is 2.26. The zero-order valence-corrected chi connectivity index (χ0v) is 19.0. The molecule has 4 rings (SSSR count). The fraction of sp³-hybridized carbons (Fsp3) is 0.0455. The molecule has 0 unspecified atom stereocenters. The van der Waals surface area contributed by atoms with Crippen molar-refractivity contribution in [1.29, 1.82) is 0 Å². The van der Waals surface area contributed by atoms with E-state index in [1.807, 2.05) is 30.3 Å². The molecule has 0 saturated carbocycles. The number of halogens is 1. The van der Waals surface area contributed by atoms with E-state index in [1.54, 1.807) is 48.7 Å². The molecule has 4 aromatic rings. The van der Waals surface area contributed by atoms with Gasteiger partial charge in [0.05, 0.1) is 11.1 Å². The average Bonchev–Trinajstić information content (AvgIpc) is 3.18. The zero-order valence-electron chi connectivity index (χ0n) is 16.6. The molecule has 1 aromatic heterocycles. The fourth-order valence-corrected chi connectivity index (χ4v) is 4.51. The Morgan fingerprint density at radius 3 is 2.47 bits per heavy atom. The first-order chi connectivity index (χ1) is 15.4. The minimum atomic E-state index is -3.83. The number of nitrogens with zero attached hydrogens (tertiary/aromatic N) is 3. The summed E-state index contributed by atoms with van der Waals surface area (Å²) >= 11 is 11.2. The lowest BCUT2D eigenvalue weighted by molar-refractivity contribution is 0.581. The van der Waals surface area contributed by atoms with E-state index in [-0.39, 0.29) is 22.0 Å². The van der Waals surface area contributed by atoms with Crippen LogP contribution in [0.5, 0.6) is 0 Å². The van der Waals surface area contributed by atoms with Crippen molar-refractivity contribution in [2.75, 3.05) is 0 Å². The second-order valence-electron chi connectivity index (χ2n) is 6.77. The van der Waals surface area contributed by atoms with Crippen LogP contribution in [0, 0.1) is 4.77 Å². The quantitative estimate of drug-likeness (QED) is 0.296. The molecular weight excluding hydrogens is 466 g/mol. The Labute approximate surface area is 195 Å². The van der Waals surface area contributed by atoms with Crippen LogP contribution >= 0.6 is 23.8 Å². The van der Waals surface area contributed by atoms with Crippen LogP contribution in [-0.2, 0) is 16.6 Å². The first kappa shape index (κ1) is 22.1. The summed E-state index contributed by atoms with van der Waals surface area (Å²) in [6.45, 7) is 0.166. The maximum absolute atomic E-state index is 13.1. The van der Waals surface area contributed by atoms with Crippen molar-refractivity contribution in [3.8, 4) is 11.4 Å². The minimum Gasteiger partial charge on any atom is -0.250 e. The highest BCUT2D eigenvalue weighted by Gasteiger charge is 2.22. The van der Waals surface area contributed by atoms with E-state index in [0.717, 1.165) is 11.1 Å². The summed E-state index contributed by atoms with van der Waals surface area (Å²) in [5.41, 5.74) is 2.02. The zero-order chi connectivity index (χ0) is 22.6. The van der Waals surface area contributed by atoms with Crippen LogP contribution in [-0.4, -0.2) is 29.5 Å². The first-order valence-electron chi connectivity index (χ1n) is 9.54. The van der Waals surface area contributed by atoms with Gasteiger partial charge in [0.1, 0.15) is 0 Å². The standard InChI is InChI=1S/C22H18ClN5O2S2/c23-18-12-10-17(11-13-18)14-24-28-21(26-27-22(28)31)19-8-4-5-9-20(19)32(29,30)25-15-16-6-2-1-3-7-16/h1-14,25H,15H2,(H,27,31)/b24-14+. The molecule has 2 N–H and O–H groups in total. The van der Waals surface area contributed by atoms with Crippen molar-refractivity contribution in [1.82, 2.24) is 19.6 Å². The van der Waals surface area contributed by atoms with Gasteiger partial charge in [-0.15, -0.1) is 0 Å².